The van der Waals surface area contributed by atoms with Gasteiger partial charge in [-0.05, 0) is 24.3 Å². The summed E-state index contributed by atoms with van der Waals surface area (Å²) in [6, 6.07) is 7.27. The highest BCUT2D eigenvalue weighted by Crippen LogP contribution is 2.37. The fourth-order valence-electron chi connectivity index (χ4n) is 2.24. The molecule has 0 bridgehead atoms. The summed E-state index contributed by atoms with van der Waals surface area (Å²) in [7, 11) is -1.05. The Kier molecular flexibility index (Phi) is 4.63. The number of anilines is 1. The van der Waals surface area contributed by atoms with Crippen LogP contribution < -0.4 is 19.1 Å². The van der Waals surface area contributed by atoms with Gasteiger partial charge in [-0.25, -0.2) is 8.42 Å². The molecule has 3 aromatic rings. The molecule has 0 radical (unpaired) electrons. The Bertz CT molecular complexity index is 1100. The van der Waals surface area contributed by atoms with Crippen LogP contribution >= 0.6 is 22.9 Å². The van der Waals surface area contributed by atoms with Crippen LogP contribution in [0.5, 0.6) is 11.5 Å². The zero-order valence-corrected chi connectivity index (χ0v) is 15.5. The standard InChI is InChI=1S/C15H13ClN2O5S2/c1-22-12-7-13(23-2)11(6-9(12)16)18-25(20,21)8-3-4-10-14(5-8)24-15(19)17-10/h3-7,18H,1-2H3,(H,17,19). The molecule has 25 heavy (non-hydrogen) atoms. The number of hydrogen-bond acceptors (Lipinski definition) is 6. The average molecular weight is 401 g/mol. The molecule has 0 atom stereocenters. The van der Waals surface area contributed by atoms with Crippen molar-refractivity contribution >= 4 is 48.9 Å². The summed E-state index contributed by atoms with van der Waals surface area (Å²) in [5.74, 6) is 0.622. The summed E-state index contributed by atoms with van der Waals surface area (Å²) in [5, 5.41) is 0.236. The lowest BCUT2D eigenvalue weighted by molar-refractivity contribution is 0.396. The predicted octanol–water partition coefficient (Wildman–Crippen LogP) is 3.06. The molecule has 0 saturated heterocycles. The Hall–Kier alpha value is -2.23. The van der Waals surface area contributed by atoms with E-state index in [0.29, 0.717) is 16.0 Å². The molecule has 0 aliphatic heterocycles. The third-order valence-electron chi connectivity index (χ3n) is 3.42. The second kappa shape index (κ2) is 6.58. The number of hydrogen-bond donors (Lipinski definition) is 2. The molecular weight excluding hydrogens is 388 g/mol. The quantitative estimate of drug-likeness (QED) is 0.686. The van der Waals surface area contributed by atoms with Crippen LogP contribution in [-0.2, 0) is 10.0 Å². The Balaban J connectivity index is 2.03. The first-order valence-electron chi connectivity index (χ1n) is 6.91. The van der Waals surface area contributed by atoms with Crippen LogP contribution in [0.15, 0.2) is 40.0 Å². The van der Waals surface area contributed by atoms with Crippen LogP contribution in [0.25, 0.3) is 10.2 Å². The van der Waals surface area contributed by atoms with E-state index < -0.39 is 10.0 Å². The Labute approximate surface area is 152 Å². The fourth-order valence-corrected chi connectivity index (χ4v) is 4.41. The first kappa shape index (κ1) is 17.6. The van der Waals surface area contributed by atoms with Gasteiger partial charge >= 0.3 is 4.87 Å². The first-order valence-corrected chi connectivity index (χ1v) is 9.59. The highest BCUT2D eigenvalue weighted by atomic mass is 35.5. The van der Waals surface area contributed by atoms with Crippen molar-refractivity contribution in [3.8, 4) is 11.5 Å². The SMILES string of the molecule is COc1cc(OC)c(NS(=O)(=O)c2ccc3[nH]c(=O)sc3c2)cc1Cl. The second-order valence-corrected chi connectivity index (χ2v) is 8.07. The lowest BCUT2D eigenvalue weighted by atomic mass is 10.3. The number of sulfonamides is 1. The van der Waals surface area contributed by atoms with Gasteiger partial charge < -0.3 is 14.5 Å². The van der Waals surface area contributed by atoms with Crippen molar-refractivity contribution in [2.75, 3.05) is 18.9 Å². The van der Waals surface area contributed by atoms with Crippen molar-refractivity contribution in [1.82, 2.24) is 4.98 Å². The smallest absolute Gasteiger partial charge is 0.305 e. The van der Waals surface area contributed by atoms with Crippen LogP contribution in [-0.4, -0.2) is 27.6 Å². The number of thiazole rings is 1. The van der Waals surface area contributed by atoms with Gasteiger partial charge in [0.2, 0.25) is 0 Å². The molecule has 0 fully saturated rings. The predicted molar refractivity (Wildman–Crippen MR) is 97.8 cm³/mol. The molecule has 0 saturated carbocycles. The minimum atomic E-state index is -3.90. The summed E-state index contributed by atoms with van der Waals surface area (Å²) >= 11 is 7.00. The number of halogens is 1. The Morgan fingerprint density at radius 2 is 1.84 bits per heavy atom. The minimum Gasteiger partial charge on any atom is -0.495 e. The van der Waals surface area contributed by atoms with Gasteiger partial charge in [0.25, 0.3) is 10.0 Å². The molecule has 132 valence electrons. The number of methoxy groups -OCH3 is 2. The monoisotopic (exact) mass is 400 g/mol. The average Bonchev–Trinajstić information content (AvgIpc) is 2.94. The van der Waals surface area contributed by atoms with E-state index in [2.05, 4.69) is 9.71 Å². The van der Waals surface area contributed by atoms with Crippen LogP contribution in [0.3, 0.4) is 0 Å². The molecule has 10 heteroatoms. The summed E-state index contributed by atoms with van der Waals surface area (Å²) in [4.78, 5) is 13.8. The van der Waals surface area contributed by atoms with Crippen LogP contribution in [0.1, 0.15) is 0 Å². The normalized spacial score (nSPS) is 11.5. The lowest BCUT2D eigenvalue weighted by Gasteiger charge is -2.14. The van der Waals surface area contributed by atoms with Gasteiger partial charge in [0.15, 0.2) is 0 Å². The number of ether oxygens (including phenoxy) is 2. The molecule has 7 nitrogen and oxygen atoms in total. The summed E-state index contributed by atoms with van der Waals surface area (Å²) in [6.07, 6.45) is 0. The molecule has 0 amide bonds. The molecule has 0 aliphatic rings. The summed E-state index contributed by atoms with van der Waals surface area (Å²) in [5.41, 5.74) is 0.759. The second-order valence-electron chi connectivity index (χ2n) is 4.97. The summed E-state index contributed by atoms with van der Waals surface area (Å²) < 4.78 is 38.6. The van der Waals surface area contributed by atoms with E-state index in [0.717, 1.165) is 11.3 Å². The first-order chi connectivity index (χ1) is 11.8. The number of benzene rings is 2. The van der Waals surface area contributed by atoms with Crippen molar-refractivity contribution in [2.45, 2.75) is 4.90 Å². The van der Waals surface area contributed by atoms with Crippen LogP contribution in [0.2, 0.25) is 5.02 Å². The third kappa shape index (κ3) is 3.44. The van der Waals surface area contributed by atoms with E-state index in [1.807, 2.05) is 0 Å². The van der Waals surface area contributed by atoms with Gasteiger partial charge in [-0.3, -0.25) is 9.52 Å². The van der Waals surface area contributed by atoms with Gasteiger partial charge in [-0.1, -0.05) is 22.9 Å². The Morgan fingerprint density at radius 3 is 2.52 bits per heavy atom. The number of aromatic amines is 1. The topological polar surface area (TPSA) is 97.5 Å². The van der Waals surface area contributed by atoms with Gasteiger partial charge in [0.1, 0.15) is 11.5 Å². The third-order valence-corrected chi connectivity index (χ3v) is 5.92. The van der Waals surface area contributed by atoms with E-state index >= 15 is 0 Å². The van der Waals surface area contributed by atoms with Gasteiger partial charge in [0.05, 0.1) is 40.0 Å². The van der Waals surface area contributed by atoms with Crippen molar-refractivity contribution in [3.05, 3.63) is 45.0 Å². The summed E-state index contributed by atoms with van der Waals surface area (Å²) in [6.45, 7) is 0. The van der Waals surface area contributed by atoms with Crippen LogP contribution in [0.4, 0.5) is 5.69 Å². The molecule has 2 aromatic carbocycles. The van der Waals surface area contributed by atoms with Crippen molar-refractivity contribution < 1.29 is 17.9 Å². The highest BCUT2D eigenvalue weighted by molar-refractivity contribution is 7.92. The molecule has 1 aromatic heterocycles. The number of nitrogens with one attached hydrogen (secondary N) is 2. The zero-order chi connectivity index (χ0) is 18.2. The lowest BCUT2D eigenvalue weighted by Crippen LogP contribution is -2.13. The fraction of sp³-hybridized carbons (Fsp3) is 0.133. The molecule has 2 N–H and O–H groups in total. The largest absolute Gasteiger partial charge is 0.495 e. The van der Waals surface area contributed by atoms with Gasteiger partial charge in [-0.15, -0.1) is 0 Å². The maximum atomic E-state index is 12.7. The van der Waals surface area contributed by atoms with Crippen molar-refractivity contribution in [3.63, 3.8) is 0 Å². The zero-order valence-electron chi connectivity index (χ0n) is 13.1. The number of aromatic nitrogens is 1. The Morgan fingerprint density at radius 1 is 1.12 bits per heavy atom. The highest BCUT2D eigenvalue weighted by Gasteiger charge is 2.19. The van der Waals surface area contributed by atoms with Gasteiger partial charge in [0, 0.05) is 6.07 Å². The number of H-pyrrole nitrogens is 1. The molecule has 3 rings (SSSR count). The van der Waals surface area contributed by atoms with Crippen LogP contribution in [0, 0.1) is 0 Å². The van der Waals surface area contributed by atoms with E-state index in [1.165, 1.54) is 38.5 Å². The maximum Gasteiger partial charge on any atom is 0.305 e. The number of fused-ring (bicyclic) bond motifs is 1. The molecule has 0 spiro atoms. The van der Waals surface area contributed by atoms with E-state index in [1.54, 1.807) is 6.07 Å². The van der Waals surface area contributed by atoms with E-state index in [-0.39, 0.29) is 26.2 Å². The maximum absolute atomic E-state index is 12.7. The molecule has 0 unspecified atom stereocenters. The van der Waals surface area contributed by atoms with E-state index in [9.17, 15) is 13.2 Å². The van der Waals surface area contributed by atoms with E-state index in [4.69, 9.17) is 21.1 Å². The van der Waals surface area contributed by atoms with Crippen molar-refractivity contribution in [1.29, 1.82) is 0 Å². The van der Waals surface area contributed by atoms with Crippen molar-refractivity contribution in [2.24, 2.45) is 0 Å². The molecular formula is C15H13ClN2O5S2. The van der Waals surface area contributed by atoms with Gasteiger partial charge in [-0.2, -0.15) is 0 Å². The molecule has 1 heterocycles. The number of rotatable bonds is 5. The molecule has 0 aliphatic carbocycles. The minimum absolute atomic E-state index is 0.0178.